The zero-order valence-corrected chi connectivity index (χ0v) is 12.5. The highest BCUT2D eigenvalue weighted by Crippen LogP contribution is 2.15. The Balaban J connectivity index is 0.000000200. The highest BCUT2D eigenvalue weighted by Gasteiger charge is 2.28. The molecule has 0 spiro atoms. The van der Waals surface area contributed by atoms with E-state index < -0.39 is 37.1 Å². The molecule has 2 saturated heterocycles. The zero-order chi connectivity index (χ0) is 14.7. The summed E-state index contributed by atoms with van der Waals surface area (Å²) in [5.41, 5.74) is 5.33. The third-order valence-electron chi connectivity index (χ3n) is 2.67. The fourth-order valence-electron chi connectivity index (χ4n) is 1.77. The molecule has 11 heteroatoms. The molecule has 2 heterocycles. The fourth-order valence-corrected chi connectivity index (χ4v) is 5.48. The van der Waals surface area contributed by atoms with Crippen LogP contribution in [0.1, 0.15) is 12.8 Å². The minimum absolute atomic E-state index is 0.0227. The lowest BCUT2D eigenvalue weighted by molar-refractivity contribution is 0.225. The smallest absolute Gasteiger partial charge is 0.153 e. The molecule has 0 aromatic carbocycles. The quantitative estimate of drug-likeness (QED) is 0.578. The van der Waals surface area contributed by atoms with Crippen molar-refractivity contribution in [2.24, 2.45) is 5.73 Å². The van der Waals surface area contributed by atoms with Crippen LogP contribution in [0, 0.1) is 0 Å². The van der Waals surface area contributed by atoms with E-state index in [0.29, 0.717) is 6.42 Å². The van der Waals surface area contributed by atoms with Crippen molar-refractivity contribution in [1.29, 1.82) is 0 Å². The van der Waals surface area contributed by atoms with Crippen molar-refractivity contribution in [3.8, 4) is 0 Å². The maximum Gasteiger partial charge on any atom is 0.153 e. The predicted molar refractivity (Wildman–Crippen MR) is 68.3 cm³/mol. The van der Waals surface area contributed by atoms with Gasteiger partial charge in [0, 0.05) is 6.04 Å². The molecule has 2 rings (SSSR count). The van der Waals surface area contributed by atoms with Crippen LogP contribution in [0.3, 0.4) is 0 Å². The molecule has 114 valence electrons. The van der Waals surface area contributed by atoms with Crippen LogP contribution in [0.25, 0.3) is 0 Å². The van der Waals surface area contributed by atoms with Crippen molar-refractivity contribution >= 4 is 31.0 Å². The maximum absolute atomic E-state index is 10.7. The first-order chi connectivity index (χ1) is 8.60. The van der Waals surface area contributed by atoms with Gasteiger partial charge in [0.1, 0.15) is 0 Å². The first-order valence-corrected chi connectivity index (χ1v) is 10.2. The summed E-state index contributed by atoms with van der Waals surface area (Å²) in [5.74, 6) is 0.316. The lowest BCUT2D eigenvalue weighted by Crippen LogP contribution is -2.20. The van der Waals surface area contributed by atoms with Gasteiger partial charge >= 0.3 is 0 Å². The van der Waals surface area contributed by atoms with Gasteiger partial charge in [0.2, 0.25) is 0 Å². The molecular weight excluding hydrogens is 318 g/mol. The molecule has 3 unspecified atom stereocenters. The molecule has 0 bridgehead atoms. The minimum atomic E-state index is -3.04. The summed E-state index contributed by atoms with van der Waals surface area (Å²) in [5, 5.41) is 0. The molecule has 3 atom stereocenters. The van der Waals surface area contributed by atoms with Gasteiger partial charge in [-0.15, -0.1) is 0 Å². The van der Waals surface area contributed by atoms with Crippen LogP contribution >= 0.6 is 0 Å². The van der Waals surface area contributed by atoms with E-state index in [9.17, 15) is 25.6 Å². The highest BCUT2D eigenvalue weighted by atomic mass is 32.2. The lowest BCUT2D eigenvalue weighted by atomic mass is 10.3. The Morgan fingerprint density at radius 1 is 1.05 bits per heavy atom. The first kappa shape index (κ1) is 17.0. The molecule has 0 radical (unpaired) electrons. The van der Waals surface area contributed by atoms with E-state index in [4.69, 9.17) is 5.73 Å². The fraction of sp³-hybridized carbons (Fsp3) is 1.00. The molecule has 2 N–H and O–H groups in total. The first-order valence-electron chi connectivity index (χ1n) is 5.52. The van der Waals surface area contributed by atoms with Crippen LogP contribution in [-0.2, 0) is 35.2 Å². The van der Waals surface area contributed by atoms with Gasteiger partial charge in [0.05, 0.1) is 40.5 Å². The minimum Gasteiger partial charge on any atom is -0.750 e. The van der Waals surface area contributed by atoms with Crippen LogP contribution in [0.4, 0.5) is 0 Å². The number of hydrogen-bond donors (Lipinski definition) is 1. The number of hydrogen-bond acceptors (Lipinski definition) is 8. The van der Waals surface area contributed by atoms with E-state index >= 15 is 0 Å². The van der Waals surface area contributed by atoms with E-state index in [-0.39, 0.29) is 35.5 Å². The molecule has 2 aliphatic heterocycles. The van der Waals surface area contributed by atoms with Crippen molar-refractivity contribution in [1.82, 2.24) is 0 Å². The number of sulfone groups is 2. The molecule has 0 amide bonds. The Morgan fingerprint density at radius 3 is 1.84 bits per heavy atom. The molecule has 8 nitrogen and oxygen atoms in total. The Bertz CT molecular complexity index is 527. The van der Waals surface area contributed by atoms with E-state index in [1.165, 1.54) is 0 Å². The van der Waals surface area contributed by atoms with Crippen molar-refractivity contribution in [3.63, 3.8) is 0 Å². The summed E-state index contributed by atoms with van der Waals surface area (Å²) in [6.07, 6.45) is 0.247. The van der Waals surface area contributed by atoms with Crippen LogP contribution < -0.4 is 5.73 Å². The summed E-state index contributed by atoms with van der Waals surface area (Å²) >= 11 is -2.60. The summed E-state index contributed by atoms with van der Waals surface area (Å²) in [6, 6.07) is -0.0972. The highest BCUT2D eigenvalue weighted by molar-refractivity contribution is 7.92. The molecule has 0 aliphatic carbocycles. The number of nitrogens with two attached hydrogens (primary N) is 1. The molecule has 2 aliphatic rings. The van der Waals surface area contributed by atoms with Crippen molar-refractivity contribution in [2.75, 3.05) is 23.0 Å². The van der Waals surface area contributed by atoms with Gasteiger partial charge in [-0.25, -0.2) is 21.0 Å². The molecule has 0 saturated carbocycles. The van der Waals surface area contributed by atoms with Crippen LogP contribution in [-0.4, -0.2) is 60.8 Å². The molecular formula is C8H16NO7S3-. The van der Waals surface area contributed by atoms with E-state index in [1.54, 1.807) is 0 Å². The van der Waals surface area contributed by atoms with Crippen LogP contribution in [0.2, 0.25) is 0 Å². The Labute approximate surface area is 115 Å². The second kappa shape index (κ2) is 6.59. The monoisotopic (exact) mass is 334 g/mol. The summed E-state index contributed by atoms with van der Waals surface area (Å²) < 4.78 is 66.8. The Kier molecular flexibility index (Phi) is 5.89. The average molecular weight is 334 g/mol. The second-order valence-corrected chi connectivity index (χ2v) is 9.55. The molecule has 0 aromatic heterocycles. The standard InChI is InChI=1S/C4H9NO2S.C4H8O5S2/c5-4-1-2-8(6,7)3-4;5-10(6)9-4-1-2-11(7,8)3-4/h4H,1-3,5H2;4H,1-3H2,(H,5,6)/p-1. The third kappa shape index (κ3) is 6.77. The zero-order valence-electron chi connectivity index (χ0n) is 10.1. The van der Waals surface area contributed by atoms with Gasteiger partial charge in [-0.3, -0.25) is 4.18 Å². The van der Waals surface area contributed by atoms with Gasteiger partial charge in [-0.2, -0.15) is 0 Å². The van der Waals surface area contributed by atoms with E-state index in [0.717, 1.165) is 0 Å². The van der Waals surface area contributed by atoms with Gasteiger partial charge in [-0.05, 0) is 12.8 Å². The van der Waals surface area contributed by atoms with Crippen molar-refractivity contribution in [2.45, 2.75) is 25.0 Å². The van der Waals surface area contributed by atoms with Crippen molar-refractivity contribution < 1.29 is 29.8 Å². The van der Waals surface area contributed by atoms with Gasteiger partial charge in [-0.1, -0.05) is 0 Å². The van der Waals surface area contributed by atoms with Gasteiger partial charge < -0.3 is 10.3 Å². The second-order valence-electron chi connectivity index (χ2n) is 4.49. The number of rotatable bonds is 2. The maximum atomic E-state index is 10.7. The summed E-state index contributed by atoms with van der Waals surface area (Å²) in [6.45, 7) is 0. The average Bonchev–Trinajstić information content (AvgIpc) is 2.69. The van der Waals surface area contributed by atoms with Gasteiger partial charge in [0.15, 0.2) is 19.7 Å². The van der Waals surface area contributed by atoms with E-state index in [2.05, 4.69) is 4.18 Å². The molecule has 0 aromatic rings. The summed E-state index contributed by atoms with van der Waals surface area (Å²) in [4.78, 5) is 0. The van der Waals surface area contributed by atoms with Crippen LogP contribution in [0.15, 0.2) is 0 Å². The summed E-state index contributed by atoms with van der Waals surface area (Å²) in [7, 11) is -5.76. The topological polar surface area (TPSA) is 144 Å². The molecule has 19 heavy (non-hydrogen) atoms. The molecule has 2 fully saturated rings. The normalized spacial score (nSPS) is 33.4. The predicted octanol–water partition coefficient (Wildman–Crippen LogP) is -1.88. The van der Waals surface area contributed by atoms with E-state index in [1.807, 2.05) is 0 Å². The van der Waals surface area contributed by atoms with Gasteiger partial charge in [0.25, 0.3) is 0 Å². The Hall–Kier alpha value is -0.0700. The third-order valence-corrected chi connectivity index (χ3v) is 6.63. The largest absolute Gasteiger partial charge is 0.750 e. The van der Waals surface area contributed by atoms with Crippen molar-refractivity contribution in [3.05, 3.63) is 0 Å². The Morgan fingerprint density at radius 2 is 1.58 bits per heavy atom. The lowest BCUT2D eigenvalue weighted by Gasteiger charge is -2.09. The SMILES string of the molecule is NC1CCS(=O)(=O)C1.O=S([O-])OC1CCS(=O)(=O)C1. The van der Waals surface area contributed by atoms with Crippen LogP contribution in [0.5, 0.6) is 0 Å².